The van der Waals surface area contributed by atoms with Crippen LogP contribution in [0.1, 0.15) is 11.1 Å². The van der Waals surface area contributed by atoms with E-state index in [0.717, 1.165) is 33.5 Å². The first kappa shape index (κ1) is 14.0. The van der Waals surface area contributed by atoms with Crippen molar-refractivity contribution >= 4 is 49.4 Å². The Hall–Kier alpha value is -2.59. The first-order valence-electron chi connectivity index (χ1n) is 7.51. The SMILES string of the molecule is Cc1ccc(N)cc1Nc1ccnc2cc3c(C)csc3cc12. The molecule has 0 fully saturated rings. The highest BCUT2D eigenvalue weighted by Gasteiger charge is 2.08. The molecule has 0 radical (unpaired) electrons. The Morgan fingerprint density at radius 1 is 0.957 bits per heavy atom. The summed E-state index contributed by atoms with van der Waals surface area (Å²) in [6.45, 7) is 4.22. The van der Waals surface area contributed by atoms with Crippen LogP contribution in [0.15, 0.2) is 48.0 Å². The molecule has 0 amide bonds. The van der Waals surface area contributed by atoms with Crippen LogP contribution in [-0.4, -0.2) is 4.98 Å². The van der Waals surface area contributed by atoms with Gasteiger partial charge in [0.05, 0.1) is 5.52 Å². The van der Waals surface area contributed by atoms with Crippen molar-refractivity contribution in [3.8, 4) is 0 Å². The van der Waals surface area contributed by atoms with Crippen molar-refractivity contribution in [2.24, 2.45) is 0 Å². The molecule has 0 aliphatic rings. The molecule has 4 aromatic rings. The van der Waals surface area contributed by atoms with E-state index >= 15 is 0 Å². The average molecular weight is 319 g/mol. The minimum atomic E-state index is 0.757. The van der Waals surface area contributed by atoms with E-state index in [1.807, 2.05) is 30.5 Å². The summed E-state index contributed by atoms with van der Waals surface area (Å²) in [5, 5.41) is 8.12. The van der Waals surface area contributed by atoms with Gasteiger partial charge in [-0.1, -0.05) is 6.07 Å². The van der Waals surface area contributed by atoms with E-state index in [1.165, 1.54) is 15.6 Å². The maximum Gasteiger partial charge on any atom is 0.0729 e. The molecule has 0 aliphatic heterocycles. The maximum atomic E-state index is 5.92. The maximum absolute atomic E-state index is 5.92. The minimum absolute atomic E-state index is 0.757. The number of hydrogen-bond acceptors (Lipinski definition) is 4. The predicted octanol–water partition coefficient (Wildman–Crippen LogP) is 5.39. The molecular weight excluding hydrogens is 302 g/mol. The number of nitrogens with zero attached hydrogens (tertiary/aromatic N) is 1. The largest absolute Gasteiger partial charge is 0.399 e. The summed E-state index contributed by atoms with van der Waals surface area (Å²) in [7, 11) is 0. The fourth-order valence-electron chi connectivity index (χ4n) is 2.82. The zero-order valence-corrected chi connectivity index (χ0v) is 13.9. The van der Waals surface area contributed by atoms with Crippen LogP contribution in [0, 0.1) is 13.8 Å². The van der Waals surface area contributed by atoms with Gasteiger partial charge in [0.2, 0.25) is 0 Å². The van der Waals surface area contributed by atoms with Gasteiger partial charge in [-0.2, -0.15) is 0 Å². The van der Waals surface area contributed by atoms with Gasteiger partial charge in [0.1, 0.15) is 0 Å². The number of nitrogens with one attached hydrogen (secondary N) is 1. The van der Waals surface area contributed by atoms with Crippen molar-refractivity contribution in [2.75, 3.05) is 11.1 Å². The van der Waals surface area contributed by atoms with Crippen molar-refractivity contribution < 1.29 is 0 Å². The lowest BCUT2D eigenvalue weighted by Gasteiger charge is -2.12. The van der Waals surface area contributed by atoms with Gasteiger partial charge < -0.3 is 11.1 Å². The average Bonchev–Trinajstić information content (AvgIpc) is 2.90. The van der Waals surface area contributed by atoms with Crippen molar-refractivity contribution in [3.05, 3.63) is 59.1 Å². The minimum Gasteiger partial charge on any atom is -0.399 e. The number of fused-ring (bicyclic) bond motifs is 2. The molecule has 23 heavy (non-hydrogen) atoms. The number of rotatable bonds is 2. The highest BCUT2D eigenvalue weighted by atomic mass is 32.1. The quantitative estimate of drug-likeness (QED) is 0.487. The third-order valence-corrected chi connectivity index (χ3v) is 5.22. The lowest BCUT2D eigenvalue weighted by Crippen LogP contribution is -1.96. The van der Waals surface area contributed by atoms with Crippen molar-refractivity contribution in [2.45, 2.75) is 13.8 Å². The molecule has 114 valence electrons. The monoisotopic (exact) mass is 319 g/mol. The Bertz CT molecular complexity index is 1030. The molecule has 0 bridgehead atoms. The Labute approximate surface area is 138 Å². The number of pyridine rings is 1. The highest BCUT2D eigenvalue weighted by molar-refractivity contribution is 7.17. The van der Waals surface area contributed by atoms with Crippen LogP contribution in [-0.2, 0) is 0 Å². The first-order chi connectivity index (χ1) is 11.1. The molecule has 2 aromatic carbocycles. The number of nitrogens with two attached hydrogens (primary N) is 1. The fraction of sp³-hybridized carbons (Fsp3) is 0.105. The van der Waals surface area contributed by atoms with Gasteiger partial charge >= 0.3 is 0 Å². The zero-order valence-electron chi connectivity index (χ0n) is 13.1. The van der Waals surface area contributed by atoms with Crippen LogP contribution in [0.5, 0.6) is 0 Å². The Morgan fingerprint density at radius 2 is 1.83 bits per heavy atom. The van der Waals surface area contributed by atoms with Crippen molar-refractivity contribution in [3.63, 3.8) is 0 Å². The van der Waals surface area contributed by atoms with Gasteiger partial charge in [0.25, 0.3) is 0 Å². The van der Waals surface area contributed by atoms with E-state index in [-0.39, 0.29) is 0 Å². The number of thiophene rings is 1. The van der Waals surface area contributed by atoms with Crippen LogP contribution in [0.2, 0.25) is 0 Å². The number of aryl methyl sites for hydroxylation is 2. The summed E-state index contributed by atoms with van der Waals surface area (Å²) in [6, 6.07) is 12.3. The predicted molar refractivity (Wildman–Crippen MR) is 101 cm³/mol. The van der Waals surface area contributed by atoms with Gasteiger partial charge in [0, 0.05) is 33.3 Å². The fourth-order valence-corrected chi connectivity index (χ4v) is 3.79. The van der Waals surface area contributed by atoms with Crippen LogP contribution in [0.4, 0.5) is 17.1 Å². The van der Waals surface area contributed by atoms with Gasteiger partial charge in [-0.05, 0) is 66.1 Å². The normalized spacial score (nSPS) is 11.2. The van der Waals surface area contributed by atoms with Crippen LogP contribution >= 0.6 is 11.3 Å². The second kappa shape index (κ2) is 5.25. The van der Waals surface area contributed by atoms with Gasteiger partial charge in [-0.15, -0.1) is 11.3 Å². The smallest absolute Gasteiger partial charge is 0.0729 e. The molecule has 0 saturated carbocycles. The van der Waals surface area contributed by atoms with Gasteiger partial charge in [-0.25, -0.2) is 0 Å². The Balaban J connectivity index is 1.89. The number of aromatic nitrogens is 1. The summed E-state index contributed by atoms with van der Waals surface area (Å²) >= 11 is 1.77. The highest BCUT2D eigenvalue weighted by Crippen LogP contribution is 2.34. The topological polar surface area (TPSA) is 50.9 Å². The number of hydrogen-bond donors (Lipinski definition) is 2. The lowest BCUT2D eigenvalue weighted by atomic mass is 10.1. The van der Waals surface area contributed by atoms with Crippen LogP contribution in [0.25, 0.3) is 21.0 Å². The molecule has 0 saturated heterocycles. The van der Waals surface area contributed by atoms with Crippen molar-refractivity contribution in [1.29, 1.82) is 0 Å². The summed E-state index contributed by atoms with van der Waals surface area (Å²) in [5.41, 5.74) is 12.2. The molecule has 2 heterocycles. The first-order valence-corrected chi connectivity index (χ1v) is 8.39. The molecule has 4 heteroatoms. The molecule has 0 unspecified atom stereocenters. The number of nitrogen functional groups attached to an aromatic ring is 1. The summed E-state index contributed by atoms with van der Waals surface area (Å²) < 4.78 is 1.29. The van der Waals surface area contributed by atoms with E-state index in [4.69, 9.17) is 5.73 Å². The Kier molecular flexibility index (Phi) is 3.20. The van der Waals surface area contributed by atoms with E-state index in [1.54, 1.807) is 11.3 Å². The van der Waals surface area contributed by atoms with E-state index in [9.17, 15) is 0 Å². The number of benzene rings is 2. The molecule has 3 nitrogen and oxygen atoms in total. The molecule has 0 spiro atoms. The van der Waals surface area contributed by atoms with Gasteiger partial charge in [-0.3, -0.25) is 4.98 Å². The van der Waals surface area contributed by atoms with E-state index < -0.39 is 0 Å². The van der Waals surface area contributed by atoms with E-state index in [0.29, 0.717) is 0 Å². The molecule has 0 aliphatic carbocycles. The molecule has 4 rings (SSSR count). The standard InChI is InChI=1S/C19H17N3S/c1-11-3-4-13(20)7-17(11)22-16-5-6-21-18-8-14-12(2)10-23-19(14)9-15(16)18/h3-10H,20H2,1-2H3,(H,21,22). The van der Waals surface area contributed by atoms with Gasteiger partial charge in [0.15, 0.2) is 0 Å². The summed E-state index contributed by atoms with van der Waals surface area (Å²) in [4.78, 5) is 4.53. The second-order valence-electron chi connectivity index (χ2n) is 5.84. The van der Waals surface area contributed by atoms with Crippen LogP contribution < -0.4 is 11.1 Å². The molecule has 2 aromatic heterocycles. The Morgan fingerprint density at radius 3 is 2.70 bits per heavy atom. The lowest BCUT2D eigenvalue weighted by molar-refractivity contribution is 1.39. The zero-order chi connectivity index (χ0) is 16.0. The second-order valence-corrected chi connectivity index (χ2v) is 6.75. The third kappa shape index (κ3) is 2.41. The summed E-state index contributed by atoms with van der Waals surface area (Å²) in [5.74, 6) is 0. The summed E-state index contributed by atoms with van der Waals surface area (Å²) in [6.07, 6.45) is 1.85. The van der Waals surface area contributed by atoms with E-state index in [2.05, 4.69) is 41.7 Å². The molecule has 0 atom stereocenters. The van der Waals surface area contributed by atoms with Crippen molar-refractivity contribution in [1.82, 2.24) is 4.98 Å². The molecular formula is C19H17N3S. The third-order valence-electron chi connectivity index (χ3n) is 4.16. The molecule has 3 N–H and O–H groups in total. The van der Waals surface area contributed by atoms with Crippen LogP contribution in [0.3, 0.4) is 0 Å². The number of anilines is 3.